The Morgan fingerprint density at radius 2 is 1.30 bits per heavy atom. The van der Waals surface area contributed by atoms with Gasteiger partial charge in [0.2, 0.25) is 6.17 Å². The molecule has 0 radical (unpaired) electrons. The van der Waals surface area contributed by atoms with Crippen LogP contribution >= 0.6 is 45.2 Å². The number of halogens is 2. The summed E-state index contributed by atoms with van der Waals surface area (Å²) in [5.41, 5.74) is 19.0. The van der Waals surface area contributed by atoms with Crippen LogP contribution in [0.5, 0.6) is 0 Å². The van der Waals surface area contributed by atoms with E-state index in [0.29, 0.717) is 11.4 Å². The molecule has 0 N–H and O–H groups in total. The minimum atomic E-state index is 0.159. The summed E-state index contributed by atoms with van der Waals surface area (Å²) in [6.45, 7) is 0. The molecule has 0 saturated carbocycles. The summed E-state index contributed by atoms with van der Waals surface area (Å²) in [4.78, 5) is 5.47. The molecule has 0 bridgehead atoms. The summed E-state index contributed by atoms with van der Waals surface area (Å²) < 4.78 is 2.30. The van der Waals surface area contributed by atoms with Gasteiger partial charge in [-0.25, -0.2) is 0 Å². The third-order valence-electron chi connectivity index (χ3n) is 4.31. The lowest BCUT2D eigenvalue weighted by Gasteiger charge is -2.02. The van der Waals surface area contributed by atoms with E-state index < -0.39 is 0 Å². The first-order chi connectivity index (χ1) is 16.1. The van der Waals surface area contributed by atoms with Crippen LogP contribution in [0, 0.1) is 7.14 Å². The number of azide groups is 2. The van der Waals surface area contributed by atoms with Gasteiger partial charge in [0.1, 0.15) is 0 Å². The van der Waals surface area contributed by atoms with Crippen molar-refractivity contribution < 1.29 is 0 Å². The molecule has 1 heterocycles. The Balaban J connectivity index is 0.000000144. The van der Waals surface area contributed by atoms with Crippen LogP contribution in [0.4, 0.5) is 11.4 Å². The Hall–Kier alpha value is -3.18. The Morgan fingerprint density at radius 1 is 0.667 bits per heavy atom. The van der Waals surface area contributed by atoms with E-state index in [-0.39, 0.29) is 6.17 Å². The minimum absolute atomic E-state index is 0.159. The first-order valence-electron chi connectivity index (χ1n) is 9.60. The van der Waals surface area contributed by atoms with Crippen LogP contribution in [0.15, 0.2) is 111 Å². The largest absolute Gasteiger partial charge is 0.206 e. The lowest BCUT2D eigenvalue weighted by atomic mass is 10.1. The van der Waals surface area contributed by atoms with E-state index in [4.69, 9.17) is 11.1 Å². The van der Waals surface area contributed by atoms with Gasteiger partial charge in [0.25, 0.3) is 0 Å². The summed E-state index contributed by atoms with van der Waals surface area (Å²) in [5, 5.41) is 16.8. The van der Waals surface area contributed by atoms with Crippen molar-refractivity contribution in [1.82, 2.24) is 0 Å². The van der Waals surface area contributed by atoms with Gasteiger partial charge < -0.3 is 0 Å². The molecule has 4 aromatic rings. The third kappa shape index (κ3) is 7.72. The van der Waals surface area contributed by atoms with Crippen molar-refractivity contribution in [3.63, 3.8) is 0 Å². The van der Waals surface area contributed by atoms with Crippen molar-refractivity contribution in [3.05, 3.63) is 125 Å². The molecule has 0 unspecified atom stereocenters. The van der Waals surface area contributed by atoms with Crippen LogP contribution in [0.25, 0.3) is 31.7 Å². The van der Waals surface area contributed by atoms with Crippen LogP contribution in [0.1, 0.15) is 11.7 Å². The highest BCUT2D eigenvalue weighted by Gasteiger charge is 2.16. The molecule has 10 heteroatoms. The van der Waals surface area contributed by atoms with Crippen molar-refractivity contribution in [2.45, 2.75) is 6.17 Å². The second kappa shape index (κ2) is 12.8. The maximum Gasteiger partial charge on any atom is 0.206 e. The van der Waals surface area contributed by atoms with E-state index in [0.717, 1.165) is 17.9 Å². The van der Waals surface area contributed by atoms with Gasteiger partial charge in [0, 0.05) is 33.9 Å². The topological polar surface area (TPSA) is 122 Å². The smallest absolute Gasteiger partial charge is 0.157 e. The molecule has 0 aliphatic carbocycles. The first-order valence-corrected chi connectivity index (χ1v) is 11.8. The van der Waals surface area contributed by atoms with Gasteiger partial charge >= 0.3 is 0 Å². The molecule has 0 fully saturated rings. The Kier molecular flexibility index (Phi) is 9.45. The van der Waals surface area contributed by atoms with Crippen LogP contribution in [0.2, 0.25) is 0 Å². The fourth-order valence-electron chi connectivity index (χ4n) is 2.74. The Bertz CT molecular complexity index is 1340. The quantitative estimate of drug-likeness (QED) is 0.0901. The third-order valence-corrected chi connectivity index (χ3v) is 5.97. The Labute approximate surface area is 217 Å². The molecular weight excluding hydrogens is 642 g/mol. The molecule has 0 saturated heterocycles. The van der Waals surface area contributed by atoms with Gasteiger partial charge in [-0.2, -0.15) is 10.2 Å². The zero-order valence-electron chi connectivity index (χ0n) is 17.1. The van der Waals surface area contributed by atoms with E-state index in [1.54, 1.807) is 12.1 Å². The van der Waals surface area contributed by atoms with Crippen molar-refractivity contribution in [1.29, 1.82) is 0 Å². The SMILES string of the molecule is [N-]=[N+]=Nc1ccc(I)cc1.[N-]=[N+]=Nc1cccc2c(I)cccc12.c1ccc(C2N=N2)cc1. The van der Waals surface area contributed by atoms with E-state index in [2.05, 4.69) is 75.5 Å². The summed E-state index contributed by atoms with van der Waals surface area (Å²) >= 11 is 4.46. The average Bonchev–Trinajstić information content (AvgIpc) is 3.69. The molecule has 33 heavy (non-hydrogen) atoms. The molecule has 0 atom stereocenters. The average molecular weight is 658 g/mol. The molecule has 1 aliphatic heterocycles. The lowest BCUT2D eigenvalue weighted by molar-refractivity contribution is 1.05. The highest BCUT2D eigenvalue weighted by molar-refractivity contribution is 14.1. The fourth-order valence-corrected chi connectivity index (χ4v) is 3.78. The molecule has 1 aliphatic rings. The number of nitrogens with zero attached hydrogens (tertiary/aromatic N) is 8. The number of hydrogen-bond acceptors (Lipinski definition) is 4. The Morgan fingerprint density at radius 3 is 1.94 bits per heavy atom. The number of hydrogen-bond donors (Lipinski definition) is 0. The van der Waals surface area contributed by atoms with Crippen molar-refractivity contribution in [2.24, 2.45) is 20.5 Å². The molecule has 0 spiro atoms. The molecule has 5 rings (SSSR count). The van der Waals surface area contributed by atoms with Crippen molar-refractivity contribution in [3.8, 4) is 0 Å². The van der Waals surface area contributed by atoms with Gasteiger partial charge in [0.05, 0.1) is 0 Å². The van der Waals surface area contributed by atoms with Crippen molar-refractivity contribution in [2.75, 3.05) is 0 Å². The second-order valence-corrected chi connectivity index (χ2v) is 8.89. The van der Waals surface area contributed by atoms with Gasteiger partial charge in [-0.15, -0.1) is 0 Å². The number of benzene rings is 4. The normalized spacial score (nSPS) is 11.1. The summed E-state index contributed by atoms with van der Waals surface area (Å²) in [6, 6.07) is 29.1. The molecule has 0 aromatic heterocycles. The van der Waals surface area contributed by atoms with Crippen molar-refractivity contribution >= 4 is 67.3 Å². The summed E-state index contributed by atoms with van der Waals surface area (Å²) in [5.74, 6) is 0. The zero-order chi connectivity index (χ0) is 23.5. The van der Waals surface area contributed by atoms with Gasteiger partial charge in [0.15, 0.2) is 0 Å². The van der Waals surface area contributed by atoms with Crippen LogP contribution in [0.3, 0.4) is 0 Å². The van der Waals surface area contributed by atoms with Crippen LogP contribution < -0.4 is 0 Å². The second-order valence-electron chi connectivity index (χ2n) is 6.48. The number of rotatable bonds is 3. The van der Waals surface area contributed by atoms with E-state index in [1.807, 2.05) is 78.9 Å². The molecule has 0 amide bonds. The standard InChI is InChI=1S/C10H6IN3.C7H6N2.C6H4IN3/c11-9-5-1-4-8-7(9)3-2-6-10(8)13-14-12;1-2-4-6(5-3-1)7-8-9-7;7-5-1-3-6(4-2-5)9-10-8/h1-6H;1-5,7H;1-4H. The van der Waals surface area contributed by atoms with E-state index >= 15 is 0 Å². The van der Waals surface area contributed by atoms with E-state index in [1.165, 1.54) is 5.56 Å². The first kappa shape index (κ1) is 24.5. The fraction of sp³-hybridized carbons (Fsp3) is 0.0435. The monoisotopic (exact) mass is 658 g/mol. The predicted molar refractivity (Wildman–Crippen MR) is 147 cm³/mol. The highest BCUT2D eigenvalue weighted by atomic mass is 127. The van der Waals surface area contributed by atoms with Gasteiger partial charge in [-0.1, -0.05) is 83.0 Å². The van der Waals surface area contributed by atoms with Gasteiger partial charge in [-0.05, 0) is 85.2 Å². The van der Waals surface area contributed by atoms with Crippen LogP contribution in [-0.4, -0.2) is 0 Å². The molecule has 4 aromatic carbocycles. The summed E-state index contributed by atoms with van der Waals surface area (Å²) in [6.07, 6.45) is 0.159. The molecule has 162 valence electrons. The molecule has 8 nitrogen and oxygen atoms in total. The maximum absolute atomic E-state index is 8.40. The van der Waals surface area contributed by atoms with Gasteiger partial charge in [-0.3, -0.25) is 0 Å². The maximum atomic E-state index is 8.40. The molecular formula is C23H16I2N8. The predicted octanol–water partition coefficient (Wildman–Crippen LogP) is 9.77. The minimum Gasteiger partial charge on any atom is -0.157 e. The van der Waals surface area contributed by atoms with Crippen LogP contribution in [-0.2, 0) is 0 Å². The number of fused-ring (bicyclic) bond motifs is 1. The summed E-state index contributed by atoms with van der Waals surface area (Å²) in [7, 11) is 0. The highest BCUT2D eigenvalue weighted by Crippen LogP contribution is 2.30. The van der Waals surface area contributed by atoms with E-state index in [9.17, 15) is 0 Å². The lowest BCUT2D eigenvalue weighted by Crippen LogP contribution is -1.76. The zero-order valence-corrected chi connectivity index (χ0v) is 21.4.